The predicted molar refractivity (Wildman–Crippen MR) is 44.3 cm³/mol. The highest BCUT2D eigenvalue weighted by molar-refractivity contribution is 5.75. The van der Waals surface area contributed by atoms with E-state index in [9.17, 15) is 4.79 Å². The molecule has 70 valence electrons. The molecule has 0 aliphatic heterocycles. The minimum absolute atomic E-state index is 0.239. The molecule has 0 heterocycles. The van der Waals surface area contributed by atoms with E-state index in [4.69, 9.17) is 21.1 Å². The van der Waals surface area contributed by atoms with Gasteiger partial charge < -0.3 is 21.1 Å². The molecule has 1 aromatic rings. The first-order valence-electron chi connectivity index (χ1n) is 3.52. The first-order valence-corrected chi connectivity index (χ1v) is 3.52. The summed E-state index contributed by atoms with van der Waals surface area (Å²) in [5.74, 6) is -1.87. The fraction of sp³-hybridized carbons (Fsp3) is 0.125. The van der Waals surface area contributed by atoms with Crippen molar-refractivity contribution in [3.8, 4) is 11.5 Å². The maximum atomic E-state index is 10.4. The number of nitrogens with two attached hydrogens (primary N) is 1. The number of phenols is 2. The third kappa shape index (κ3) is 1.88. The van der Waals surface area contributed by atoms with Crippen LogP contribution in [0.3, 0.4) is 0 Å². The summed E-state index contributed by atoms with van der Waals surface area (Å²) in [5.41, 5.74) is 5.50. The van der Waals surface area contributed by atoms with Crippen LogP contribution in [0.2, 0.25) is 0 Å². The Morgan fingerprint density at radius 1 is 1.31 bits per heavy atom. The van der Waals surface area contributed by atoms with Crippen LogP contribution in [0.15, 0.2) is 18.2 Å². The molecule has 0 amide bonds. The number of benzene rings is 1. The van der Waals surface area contributed by atoms with Crippen molar-refractivity contribution < 1.29 is 20.1 Å². The molecule has 0 aliphatic rings. The lowest BCUT2D eigenvalue weighted by molar-refractivity contribution is -0.138. The number of carbonyl (C=O) groups is 1. The number of rotatable bonds is 2. The predicted octanol–water partition coefficient (Wildman–Crippen LogP) is 0.182. The van der Waals surface area contributed by atoms with Gasteiger partial charge in [-0.05, 0) is 17.7 Å². The van der Waals surface area contributed by atoms with E-state index in [1.807, 2.05) is 0 Å². The van der Waals surface area contributed by atoms with Crippen LogP contribution in [0.5, 0.6) is 11.5 Å². The Hall–Kier alpha value is -1.75. The Balaban J connectivity index is 3.03. The molecular formula is C8H9NO4. The highest BCUT2D eigenvalue weighted by atomic mass is 16.4. The summed E-state index contributed by atoms with van der Waals surface area (Å²) in [5, 5.41) is 26.5. The van der Waals surface area contributed by atoms with Gasteiger partial charge in [-0.3, -0.25) is 4.79 Å². The minimum Gasteiger partial charge on any atom is -0.504 e. The van der Waals surface area contributed by atoms with Gasteiger partial charge in [-0.25, -0.2) is 0 Å². The summed E-state index contributed by atoms with van der Waals surface area (Å²) in [6.07, 6.45) is 0. The molecule has 5 N–H and O–H groups in total. The van der Waals surface area contributed by atoms with Crippen molar-refractivity contribution in [2.45, 2.75) is 6.04 Å². The topological polar surface area (TPSA) is 104 Å². The Labute approximate surface area is 74.0 Å². The van der Waals surface area contributed by atoms with Crippen LogP contribution < -0.4 is 5.73 Å². The van der Waals surface area contributed by atoms with Crippen molar-refractivity contribution in [1.29, 1.82) is 0 Å². The van der Waals surface area contributed by atoms with Crippen LogP contribution in [-0.2, 0) is 4.79 Å². The average Bonchev–Trinajstić information content (AvgIpc) is 2.08. The van der Waals surface area contributed by atoms with Crippen molar-refractivity contribution in [2.75, 3.05) is 0 Å². The second-order valence-corrected chi connectivity index (χ2v) is 2.56. The summed E-state index contributed by atoms with van der Waals surface area (Å²) in [6, 6.07) is 2.46. The first-order chi connectivity index (χ1) is 6.02. The van der Waals surface area contributed by atoms with Gasteiger partial charge >= 0.3 is 5.97 Å². The van der Waals surface area contributed by atoms with Crippen LogP contribution in [-0.4, -0.2) is 21.3 Å². The number of carboxylic acids is 1. The van der Waals surface area contributed by atoms with Gasteiger partial charge in [-0.2, -0.15) is 0 Å². The summed E-state index contributed by atoms with van der Waals surface area (Å²) in [7, 11) is 0. The molecule has 13 heavy (non-hydrogen) atoms. The summed E-state index contributed by atoms with van der Waals surface area (Å²) in [4.78, 5) is 10.4. The van der Waals surface area contributed by atoms with Gasteiger partial charge in [-0.1, -0.05) is 6.07 Å². The average molecular weight is 183 g/mol. The molecular weight excluding hydrogens is 174 g/mol. The maximum Gasteiger partial charge on any atom is 0.325 e. The second-order valence-electron chi connectivity index (χ2n) is 2.56. The molecule has 5 heteroatoms. The van der Waals surface area contributed by atoms with Crippen molar-refractivity contribution in [2.24, 2.45) is 5.73 Å². The number of carboxylic acid groups (broad SMARTS) is 1. The number of hydrogen-bond donors (Lipinski definition) is 4. The van der Waals surface area contributed by atoms with Gasteiger partial charge in [0.25, 0.3) is 0 Å². The molecule has 0 aromatic heterocycles. The number of aromatic hydroxyl groups is 2. The maximum absolute atomic E-state index is 10.4. The van der Waals surface area contributed by atoms with Crippen molar-refractivity contribution in [1.82, 2.24) is 0 Å². The number of hydrogen-bond acceptors (Lipinski definition) is 4. The van der Waals surface area contributed by atoms with Crippen molar-refractivity contribution in [3.63, 3.8) is 0 Å². The molecule has 1 rings (SSSR count). The molecule has 0 saturated heterocycles. The van der Waals surface area contributed by atoms with Gasteiger partial charge in [0.05, 0.1) is 0 Å². The number of phenolic OH excluding ortho intramolecular Hbond substituents is 2. The van der Waals surface area contributed by atoms with E-state index < -0.39 is 12.0 Å². The molecule has 1 atom stereocenters. The van der Waals surface area contributed by atoms with E-state index in [2.05, 4.69) is 0 Å². The lowest BCUT2D eigenvalue weighted by Gasteiger charge is -2.07. The molecule has 0 radical (unpaired) electrons. The highest BCUT2D eigenvalue weighted by Crippen LogP contribution is 2.26. The van der Waals surface area contributed by atoms with Crippen LogP contribution in [0.25, 0.3) is 0 Å². The number of aliphatic carboxylic acids is 1. The zero-order valence-electron chi connectivity index (χ0n) is 6.64. The van der Waals surface area contributed by atoms with E-state index in [1.54, 1.807) is 0 Å². The fourth-order valence-corrected chi connectivity index (χ4v) is 0.876. The quantitative estimate of drug-likeness (QED) is 0.490. The Morgan fingerprint density at radius 2 is 1.92 bits per heavy atom. The highest BCUT2D eigenvalue weighted by Gasteiger charge is 2.15. The second kappa shape index (κ2) is 3.32. The third-order valence-corrected chi connectivity index (χ3v) is 1.62. The molecule has 1 unspecified atom stereocenters. The molecule has 1 aromatic carbocycles. The zero-order chi connectivity index (χ0) is 10.0. The smallest absolute Gasteiger partial charge is 0.325 e. The normalized spacial score (nSPS) is 12.4. The van der Waals surface area contributed by atoms with E-state index in [-0.39, 0.29) is 17.1 Å². The van der Waals surface area contributed by atoms with Gasteiger partial charge in [0.1, 0.15) is 6.04 Å². The zero-order valence-corrected chi connectivity index (χ0v) is 6.64. The molecule has 0 aliphatic carbocycles. The van der Waals surface area contributed by atoms with E-state index in [1.165, 1.54) is 12.1 Å². The van der Waals surface area contributed by atoms with Crippen molar-refractivity contribution >= 4 is 5.97 Å². The van der Waals surface area contributed by atoms with Gasteiger partial charge in [0, 0.05) is 0 Å². The van der Waals surface area contributed by atoms with Crippen LogP contribution >= 0.6 is 0 Å². The van der Waals surface area contributed by atoms with E-state index >= 15 is 0 Å². The van der Waals surface area contributed by atoms with E-state index in [0.717, 1.165) is 6.07 Å². The third-order valence-electron chi connectivity index (χ3n) is 1.62. The summed E-state index contributed by atoms with van der Waals surface area (Å²) in [6.45, 7) is 0. The van der Waals surface area contributed by atoms with Gasteiger partial charge in [0.15, 0.2) is 11.5 Å². The Morgan fingerprint density at radius 3 is 2.38 bits per heavy atom. The van der Waals surface area contributed by atoms with Gasteiger partial charge in [0.2, 0.25) is 0 Å². The monoisotopic (exact) mass is 183 g/mol. The fourth-order valence-electron chi connectivity index (χ4n) is 0.876. The minimum atomic E-state index is -1.19. The van der Waals surface area contributed by atoms with Crippen LogP contribution in [0.1, 0.15) is 11.6 Å². The molecule has 0 spiro atoms. The Bertz CT molecular complexity index is 337. The SMILES string of the molecule is NC(C(=O)O)c1ccc(O)c(O)c1. The van der Waals surface area contributed by atoms with Crippen molar-refractivity contribution in [3.05, 3.63) is 23.8 Å². The van der Waals surface area contributed by atoms with Gasteiger partial charge in [-0.15, -0.1) is 0 Å². The first kappa shape index (κ1) is 9.34. The largest absolute Gasteiger partial charge is 0.504 e. The molecule has 0 saturated carbocycles. The summed E-state index contributed by atoms with van der Waals surface area (Å²) >= 11 is 0. The lowest BCUT2D eigenvalue weighted by Crippen LogP contribution is -2.20. The molecule has 0 fully saturated rings. The van der Waals surface area contributed by atoms with Crippen LogP contribution in [0.4, 0.5) is 0 Å². The summed E-state index contributed by atoms with van der Waals surface area (Å²) < 4.78 is 0. The molecule has 0 bridgehead atoms. The van der Waals surface area contributed by atoms with Crippen LogP contribution in [0, 0.1) is 0 Å². The van der Waals surface area contributed by atoms with E-state index in [0.29, 0.717) is 0 Å². The lowest BCUT2D eigenvalue weighted by atomic mass is 10.1. The Kier molecular flexibility index (Phi) is 2.39. The molecule has 5 nitrogen and oxygen atoms in total. The standard InChI is InChI=1S/C8H9NO4/c9-7(8(12)13)4-1-2-5(10)6(11)3-4/h1-3,7,10-11H,9H2,(H,12,13).